The van der Waals surface area contributed by atoms with E-state index in [4.69, 9.17) is 40.7 Å². The molecule has 0 aliphatic carbocycles. The highest BCUT2D eigenvalue weighted by atomic mass is 16.5. The van der Waals surface area contributed by atoms with Crippen molar-refractivity contribution in [3.05, 3.63) is 0 Å². The van der Waals surface area contributed by atoms with Crippen molar-refractivity contribution in [3.8, 4) is 0 Å². The van der Waals surface area contributed by atoms with Crippen LogP contribution in [-0.4, -0.2) is 93.7 Å². The van der Waals surface area contributed by atoms with E-state index < -0.39 is 48.9 Å². The van der Waals surface area contributed by atoms with Crippen molar-refractivity contribution in [2.45, 2.75) is 186 Å². The molecule has 0 rings (SSSR count). The number of aliphatic hydroxyl groups is 5. The normalized spacial score (nSPS) is 14.3. The molecule has 1 amide bonds. The molecule has 0 aliphatic heterocycles. The zero-order valence-electron chi connectivity index (χ0n) is 29.5. The molecule has 0 fully saturated rings. The molecule has 280 valence electrons. The van der Waals surface area contributed by atoms with Gasteiger partial charge in [-0.1, -0.05) is 129 Å². The molecule has 0 saturated heterocycles. The van der Waals surface area contributed by atoms with Crippen molar-refractivity contribution in [1.29, 1.82) is 0 Å². The Balaban J connectivity index is 0. The number of esters is 2. The van der Waals surface area contributed by atoms with Crippen LogP contribution in [-0.2, 0) is 23.9 Å². The fourth-order valence-corrected chi connectivity index (χ4v) is 4.80. The molecule has 5 atom stereocenters. The first kappa shape index (κ1) is 47.3. The van der Waals surface area contributed by atoms with E-state index in [1.807, 2.05) is 0 Å². The summed E-state index contributed by atoms with van der Waals surface area (Å²) in [4.78, 5) is 34.1. The van der Waals surface area contributed by atoms with Gasteiger partial charge in [-0.15, -0.1) is 0 Å². The standard InChI is InChI=1S/C29H57NO4.C6H13NO6/c1-3-5-7-9-11-13-15-17-19-21-25-33-28(31)24-23-27(30)29(32)34-26-22-20-18-16-14-12-10-8-6-4-2;7-6(13)5(12)4(11)3(10)2(9)1-8/h27H,3-26,30H2,1-2H3;2-5,8-12H,1H2,(H2,7,13)/t;2-,3-,4+,5-/m.1/s1. The Hall–Kier alpha value is -1.83. The van der Waals surface area contributed by atoms with Gasteiger partial charge >= 0.3 is 11.9 Å². The fourth-order valence-electron chi connectivity index (χ4n) is 4.80. The molecule has 12 nitrogen and oxygen atoms in total. The van der Waals surface area contributed by atoms with Gasteiger partial charge in [0, 0.05) is 6.42 Å². The maximum atomic E-state index is 12.0. The number of nitrogens with two attached hydrogens (primary N) is 2. The third kappa shape index (κ3) is 30.0. The average Bonchev–Trinajstić information content (AvgIpc) is 3.07. The summed E-state index contributed by atoms with van der Waals surface area (Å²) in [5, 5.41) is 44.0. The Morgan fingerprint density at radius 2 is 0.979 bits per heavy atom. The van der Waals surface area contributed by atoms with Gasteiger partial charge < -0.3 is 46.5 Å². The fraction of sp³-hybridized carbons (Fsp3) is 0.914. The van der Waals surface area contributed by atoms with E-state index in [9.17, 15) is 14.4 Å². The highest BCUT2D eigenvalue weighted by Gasteiger charge is 2.32. The molecule has 0 aromatic carbocycles. The second-order valence-electron chi connectivity index (χ2n) is 12.5. The van der Waals surface area contributed by atoms with Gasteiger partial charge in [0.2, 0.25) is 5.91 Å². The summed E-state index contributed by atoms with van der Waals surface area (Å²) >= 11 is 0. The van der Waals surface area contributed by atoms with Crippen molar-refractivity contribution in [2.75, 3.05) is 19.8 Å². The number of rotatable bonds is 31. The van der Waals surface area contributed by atoms with Crippen molar-refractivity contribution in [3.63, 3.8) is 0 Å². The molecule has 0 aromatic heterocycles. The van der Waals surface area contributed by atoms with Gasteiger partial charge in [-0.25, -0.2) is 0 Å². The summed E-state index contributed by atoms with van der Waals surface area (Å²) in [5.74, 6) is -1.90. The third-order valence-electron chi connectivity index (χ3n) is 8.01. The van der Waals surface area contributed by atoms with Crippen LogP contribution in [0.4, 0.5) is 0 Å². The minimum absolute atomic E-state index is 0.173. The zero-order valence-corrected chi connectivity index (χ0v) is 29.5. The lowest BCUT2D eigenvalue weighted by atomic mass is 10.0. The SMILES string of the molecule is CCCCCCCCCCCCOC(=O)CCC(N)C(=O)OCCCCCCCCCCCC.NC(=O)[C@H](O)[C@@H](O)[C@H](O)[C@H](O)CO. The number of ether oxygens (including phenoxy) is 2. The van der Waals surface area contributed by atoms with Gasteiger partial charge in [0.15, 0.2) is 6.10 Å². The van der Waals surface area contributed by atoms with E-state index in [-0.39, 0.29) is 18.8 Å². The molecule has 0 saturated carbocycles. The molecule has 1 unspecified atom stereocenters. The Bertz CT molecular complexity index is 743. The molecular weight excluding hydrogens is 608 g/mol. The van der Waals surface area contributed by atoms with Gasteiger partial charge in [-0.2, -0.15) is 0 Å². The number of aliphatic hydroxyl groups excluding tert-OH is 5. The quantitative estimate of drug-likeness (QED) is 0.0411. The second kappa shape index (κ2) is 34.0. The first-order valence-electron chi connectivity index (χ1n) is 18.2. The topological polar surface area (TPSA) is 223 Å². The second-order valence-corrected chi connectivity index (χ2v) is 12.5. The number of hydrogen-bond donors (Lipinski definition) is 7. The molecule has 0 radical (unpaired) electrons. The third-order valence-corrected chi connectivity index (χ3v) is 8.01. The highest BCUT2D eigenvalue weighted by Crippen LogP contribution is 2.12. The van der Waals surface area contributed by atoms with Gasteiger partial charge in [-0.05, 0) is 19.3 Å². The van der Waals surface area contributed by atoms with Gasteiger partial charge in [-0.3, -0.25) is 14.4 Å². The number of carbonyl (C=O) groups is 3. The first-order valence-corrected chi connectivity index (χ1v) is 18.2. The number of carbonyl (C=O) groups excluding carboxylic acids is 3. The predicted octanol–water partition coefficient (Wildman–Crippen LogP) is 3.93. The molecule has 12 heteroatoms. The van der Waals surface area contributed by atoms with Crippen LogP contribution in [0.1, 0.15) is 155 Å². The summed E-state index contributed by atoms with van der Waals surface area (Å²) in [5.41, 5.74) is 10.5. The molecular formula is C35H70N2O10. The summed E-state index contributed by atoms with van der Waals surface area (Å²) in [6.07, 6.45) is 18.1. The van der Waals surface area contributed by atoms with Crippen molar-refractivity contribution >= 4 is 17.8 Å². The minimum atomic E-state index is -1.98. The largest absolute Gasteiger partial charge is 0.466 e. The van der Waals surface area contributed by atoms with Crippen LogP contribution >= 0.6 is 0 Å². The van der Waals surface area contributed by atoms with Gasteiger partial charge in [0.25, 0.3) is 0 Å². The molecule has 47 heavy (non-hydrogen) atoms. The van der Waals surface area contributed by atoms with Crippen molar-refractivity contribution in [1.82, 2.24) is 0 Å². The summed E-state index contributed by atoms with van der Waals surface area (Å²) in [6, 6.07) is -0.743. The van der Waals surface area contributed by atoms with E-state index in [0.29, 0.717) is 13.2 Å². The van der Waals surface area contributed by atoms with E-state index in [0.717, 1.165) is 25.7 Å². The Kier molecular flexibility index (Phi) is 34.3. The van der Waals surface area contributed by atoms with Crippen LogP contribution in [0.5, 0.6) is 0 Å². The van der Waals surface area contributed by atoms with Gasteiger partial charge in [0.1, 0.15) is 24.4 Å². The lowest BCUT2D eigenvalue weighted by molar-refractivity contribution is -0.147. The lowest BCUT2D eigenvalue weighted by Gasteiger charge is -2.23. The van der Waals surface area contributed by atoms with Crippen LogP contribution in [0.15, 0.2) is 0 Å². The van der Waals surface area contributed by atoms with Crippen LogP contribution in [0, 0.1) is 0 Å². The summed E-state index contributed by atoms with van der Waals surface area (Å²) < 4.78 is 10.5. The van der Waals surface area contributed by atoms with Crippen molar-refractivity contribution in [2.24, 2.45) is 11.5 Å². The van der Waals surface area contributed by atoms with Crippen LogP contribution in [0.2, 0.25) is 0 Å². The Morgan fingerprint density at radius 1 is 0.596 bits per heavy atom. The zero-order chi connectivity index (χ0) is 35.7. The van der Waals surface area contributed by atoms with Crippen molar-refractivity contribution < 1.29 is 49.4 Å². The number of primary amides is 1. The monoisotopic (exact) mass is 679 g/mol. The van der Waals surface area contributed by atoms with Gasteiger partial charge in [0.05, 0.1) is 19.8 Å². The van der Waals surface area contributed by atoms with E-state index >= 15 is 0 Å². The van der Waals surface area contributed by atoms with Crippen LogP contribution in [0.25, 0.3) is 0 Å². The maximum Gasteiger partial charge on any atom is 0.322 e. The number of hydrogen-bond acceptors (Lipinski definition) is 11. The lowest BCUT2D eigenvalue weighted by Crippen LogP contribution is -2.50. The summed E-state index contributed by atoms with van der Waals surface area (Å²) in [6.45, 7) is 4.58. The maximum absolute atomic E-state index is 12.0. The molecule has 0 spiro atoms. The van der Waals surface area contributed by atoms with Crippen LogP contribution < -0.4 is 11.5 Å². The molecule has 0 aliphatic rings. The smallest absolute Gasteiger partial charge is 0.322 e. The number of amides is 1. The Labute approximate surface area is 284 Å². The molecule has 0 heterocycles. The van der Waals surface area contributed by atoms with Crippen LogP contribution in [0.3, 0.4) is 0 Å². The summed E-state index contributed by atoms with van der Waals surface area (Å²) in [7, 11) is 0. The molecule has 9 N–H and O–H groups in total. The molecule has 0 aromatic rings. The predicted molar refractivity (Wildman–Crippen MR) is 183 cm³/mol. The highest BCUT2D eigenvalue weighted by molar-refractivity contribution is 5.79. The van der Waals surface area contributed by atoms with E-state index in [1.165, 1.54) is 103 Å². The Morgan fingerprint density at radius 3 is 1.36 bits per heavy atom. The van der Waals surface area contributed by atoms with E-state index in [1.54, 1.807) is 0 Å². The average molecular weight is 679 g/mol. The van der Waals surface area contributed by atoms with E-state index in [2.05, 4.69) is 19.6 Å². The first-order chi connectivity index (χ1) is 22.5. The minimum Gasteiger partial charge on any atom is -0.466 e. The number of unbranched alkanes of at least 4 members (excludes halogenated alkanes) is 18. The molecule has 0 bridgehead atoms.